The Morgan fingerprint density at radius 1 is 1.53 bits per heavy atom. The van der Waals surface area contributed by atoms with Crippen LogP contribution in [0.2, 0.25) is 5.15 Å². The molecule has 0 bridgehead atoms. The Bertz CT molecular complexity index is 543. The number of hydrogen-bond acceptors (Lipinski definition) is 2. The zero-order valence-corrected chi connectivity index (χ0v) is 8.74. The van der Waals surface area contributed by atoms with Crippen LogP contribution in [0.15, 0.2) is 18.3 Å². The SMILES string of the molecule is O=Cc1cc(Cl)nc2c1ccn2C1CC1. The molecule has 1 fully saturated rings. The van der Waals surface area contributed by atoms with Crippen LogP contribution in [0.3, 0.4) is 0 Å². The molecule has 0 spiro atoms. The van der Waals surface area contributed by atoms with Crippen molar-refractivity contribution in [3.63, 3.8) is 0 Å². The lowest BCUT2D eigenvalue weighted by molar-refractivity contribution is 0.112. The van der Waals surface area contributed by atoms with Crippen molar-refractivity contribution < 1.29 is 4.79 Å². The van der Waals surface area contributed by atoms with Crippen molar-refractivity contribution in [3.05, 3.63) is 29.0 Å². The predicted octanol–water partition coefficient (Wildman–Crippen LogP) is 2.84. The van der Waals surface area contributed by atoms with E-state index in [2.05, 4.69) is 9.55 Å². The van der Waals surface area contributed by atoms with E-state index in [-0.39, 0.29) is 0 Å². The van der Waals surface area contributed by atoms with Crippen LogP contribution in [0.5, 0.6) is 0 Å². The second kappa shape index (κ2) is 3.07. The Morgan fingerprint density at radius 3 is 3.00 bits per heavy atom. The first-order valence-electron chi connectivity index (χ1n) is 4.92. The summed E-state index contributed by atoms with van der Waals surface area (Å²) in [7, 11) is 0. The average Bonchev–Trinajstić information content (AvgIpc) is 2.98. The molecule has 2 aromatic heterocycles. The third-order valence-corrected chi connectivity index (χ3v) is 2.95. The summed E-state index contributed by atoms with van der Waals surface area (Å²) in [4.78, 5) is 15.1. The number of aromatic nitrogens is 2. The molecule has 0 N–H and O–H groups in total. The summed E-state index contributed by atoms with van der Waals surface area (Å²) in [5.41, 5.74) is 1.44. The highest BCUT2D eigenvalue weighted by molar-refractivity contribution is 6.30. The Kier molecular flexibility index (Phi) is 1.83. The van der Waals surface area contributed by atoms with Gasteiger partial charge in [-0.1, -0.05) is 11.6 Å². The minimum absolute atomic E-state index is 0.380. The van der Waals surface area contributed by atoms with E-state index in [4.69, 9.17) is 11.6 Å². The molecule has 3 rings (SSSR count). The van der Waals surface area contributed by atoms with Crippen molar-refractivity contribution in [3.8, 4) is 0 Å². The van der Waals surface area contributed by atoms with Gasteiger partial charge in [0.1, 0.15) is 10.8 Å². The lowest BCUT2D eigenvalue weighted by Crippen LogP contribution is -1.94. The Morgan fingerprint density at radius 2 is 2.33 bits per heavy atom. The first-order chi connectivity index (χ1) is 7.29. The van der Waals surface area contributed by atoms with Crippen molar-refractivity contribution in [1.82, 2.24) is 9.55 Å². The minimum Gasteiger partial charge on any atom is -0.329 e. The number of carbonyl (C=O) groups excluding carboxylic acids is 1. The molecule has 2 aromatic rings. The summed E-state index contributed by atoms with van der Waals surface area (Å²) < 4.78 is 2.11. The van der Waals surface area contributed by atoms with Crippen LogP contribution in [0.25, 0.3) is 11.0 Å². The fourth-order valence-corrected chi connectivity index (χ4v) is 2.06. The summed E-state index contributed by atoms with van der Waals surface area (Å²) in [6.07, 6.45) is 5.19. The molecule has 76 valence electrons. The van der Waals surface area contributed by atoms with Gasteiger partial charge in [0.15, 0.2) is 6.29 Å². The first kappa shape index (κ1) is 8.92. The molecule has 15 heavy (non-hydrogen) atoms. The normalized spacial score (nSPS) is 15.8. The van der Waals surface area contributed by atoms with Crippen molar-refractivity contribution in [2.45, 2.75) is 18.9 Å². The fourth-order valence-electron chi connectivity index (χ4n) is 1.87. The van der Waals surface area contributed by atoms with E-state index in [0.29, 0.717) is 16.8 Å². The third kappa shape index (κ3) is 1.35. The van der Waals surface area contributed by atoms with Crippen LogP contribution in [0.1, 0.15) is 29.2 Å². The molecule has 0 aliphatic heterocycles. The molecule has 4 heteroatoms. The maximum Gasteiger partial charge on any atom is 0.150 e. The van der Waals surface area contributed by atoms with Gasteiger partial charge in [0, 0.05) is 23.2 Å². The van der Waals surface area contributed by atoms with Crippen molar-refractivity contribution in [2.75, 3.05) is 0 Å². The van der Waals surface area contributed by atoms with E-state index >= 15 is 0 Å². The number of aldehydes is 1. The second-order valence-electron chi connectivity index (χ2n) is 3.84. The molecule has 0 atom stereocenters. The Balaban J connectivity index is 2.33. The van der Waals surface area contributed by atoms with Gasteiger partial charge >= 0.3 is 0 Å². The standard InChI is InChI=1S/C11H9ClN2O/c12-10-5-7(6-15)9-3-4-14(8-1-2-8)11(9)13-10/h3-6,8H,1-2H2. The Hall–Kier alpha value is -1.35. The summed E-state index contributed by atoms with van der Waals surface area (Å²) in [6.45, 7) is 0. The highest BCUT2D eigenvalue weighted by Crippen LogP contribution is 2.37. The molecule has 1 saturated carbocycles. The van der Waals surface area contributed by atoms with Crippen molar-refractivity contribution in [1.29, 1.82) is 0 Å². The molecular weight excluding hydrogens is 212 g/mol. The van der Waals surface area contributed by atoms with Gasteiger partial charge in [-0.05, 0) is 25.0 Å². The molecule has 3 nitrogen and oxygen atoms in total. The van der Waals surface area contributed by atoms with Gasteiger partial charge in [-0.3, -0.25) is 4.79 Å². The van der Waals surface area contributed by atoms with Gasteiger partial charge in [0.25, 0.3) is 0 Å². The molecule has 1 aliphatic carbocycles. The highest BCUT2D eigenvalue weighted by atomic mass is 35.5. The molecule has 0 aromatic carbocycles. The smallest absolute Gasteiger partial charge is 0.150 e. The maximum atomic E-state index is 10.9. The van der Waals surface area contributed by atoms with E-state index in [1.165, 1.54) is 12.8 Å². The van der Waals surface area contributed by atoms with Crippen molar-refractivity contribution >= 4 is 28.9 Å². The van der Waals surface area contributed by atoms with Gasteiger partial charge < -0.3 is 4.57 Å². The summed E-state index contributed by atoms with van der Waals surface area (Å²) in [5, 5.41) is 1.27. The van der Waals surface area contributed by atoms with Gasteiger partial charge in [-0.2, -0.15) is 0 Å². The number of nitrogens with zero attached hydrogens (tertiary/aromatic N) is 2. The quantitative estimate of drug-likeness (QED) is 0.576. The van der Waals surface area contributed by atoms with Gasteiger partial charge in [0.05, 0.1) is 0 Å². The number of hydrogen-bond donors (Lipinski definition) is 0. The van der Waals surface area contributed by atoms with Crippen LogP contribution in [0.4, 0.5) is 0 Å². The molecule has 0 radical (unpaired) electrons. The van der Waals surface area contributed by atoms with Crippen LogP contribution in [-0.4, -0.2) is 15.8 Å². The minimum atomic E-state index is 0.380. The molecule has 1 aliphatic rings. The summed E-state index contributed by atoms with van der Waals surface area (Å²) in [5.74, 6) is 0. The van der Waals surface area contributed by atoms with Crippen molar-refractivity contribution in [2.24, 2.45) is 0 Å². The predicted molar refractivity (Wildman–Crippen MR) is 58.4 cm³/mol. The first-order valence-corrected chi connectivity index (χ1v) is 5.29. The van der Waals surface area contributed by atoms with Crippen LogP contribution in [0, 0.1) is 0 Å². The van der Waals surface area contributed by atoms with E-state index in [1.807, 2.05) is 12.3 Å². The molecule has 2 heterocycles. The van der Waals surface area contributed by atoms with Crippen LogP contribution in [-0.2, 0) is 0 Å². The van der Waals surface area contributed by atoms with Gasteiger partial charge in [-0.25, -0.2) is 4.98 Å². The molecule has 0 unspecified atom stereocenters. The van der Waals surface area contributed by atoms with E-state index in [1.54, 1.807) is 6.07 Å². The van der Waals surface area contributed by atoms with Crippen LogP contribution < -0.4 is 0 Å². The maximum absolute atomic E-state index is 10.9. The summed E-state index contributed by atoms with van der Waals surface area (Å²) >= 11 is 5.87. The lowest BCUT2D eigenvalue weighted by atomic mass is 10.2. The topological polar surface area (TPSA) is 34.9 Å². The number of halogens is 1. The molecular formula is C11H9ClN2O. The number of carbonyl (C=O) groups is 1. The average molecular weight is 221 g/mol. The number of rotatable bonds is 2. The zero-order chi connectivity index (χ0) is 10.4. The van der Waals surface area contributed by atoms with E-state index < -0.39 is 0 Å². The number of pyridine rings is 1. The molecule has 0 saturated heterocycles. The zero-order valence-electron chi connectivity index (χ0n) is 7.98. The molecule has 0 amide bonds. The monoisotopic (exact) mass is 220 g/mol. The second-order valence-corrected chi connectivity index (χ2v) is 4.23. The fraction of sp³-hybridized carbons (Fsp3) is 0.273. The largest absolute Gasteiger partial charge is 0.329 e. The van der Waals surface area contributed by atoms with Crippen LogP contribution >= 0.6 is 11.6 Å². The van der Waals surface area contributed by atoms with Gasteiger partial charge in [0.2, 0.25) is 0 Å². The van der Waals surface area contributed by atoms with E-state index in [0.717, 1.165) is 17.3 Å². The number of fused-ring (bicyclic) bond motifs is 1. The summed E-state index contributed by atoms with van der Waals surface area (Å²) in [6, 6.07) is 4.09. The highest BCUT2D eigenvalue weighted by Gasteiger charge is 2.25. The Labute approximate surface area is 91.7 Å². The van der Waals surface area contributed by atoms with Gasteiger partial charge in [-0.15, -0.1) is 0 Å². The van der Waals surface area contributed by atoms with E-state index in [9.17, 15) is 4.79 Å². The third-order valence-electron chi connectivity index (χ3n) is 2.75. The lowest BCUT2D eigenvalue weighted by Gasteiger charge is -2.02.